The molecule has 6 nitrogen and oxygen atoms in total. The Hall–Kier alpha value is -2.80. The van der Waals surface area contributed by atoms with Gasteiger partial charge in [0.1, 0.15) is 0 Å². The number of ether oxygens (including phenoxy) is 1. The Labute approximate surface area is 159 Å². The van der Waals surface area contributed by atoms with Crippen molar-refractivity contribution in [3.63, 3.8) is 0 Å². The Morgan fingerprint density at radius 1 is 1.19 bits per heavy atom. The second kappa shape index (κ2) is 8.05. The Balaban J connectivity index is 1.89. The summed E-state index contributed by atoms with van der Waals surface area (Å²) in [5.74, 6) is -0.261. The molecular formula is C19H17BrN4O2. The summed E-state index contributed by atoms with van der Waals surface area (Å²) in [4.78, 5) is 13.5. The van der Waals surface area contributed by atoms with Crippen LogP contribution in [0.3, 0.4) is 0 Å². The summed E-state index contributed by atoms with van der Waals surface area (Å²) < 4.78 is 5.72. The normalized spacial score (nSPS) is 11.8. The van der Waals surface area contributed by atoms with E-state index < -0.39 is 5.97 Å². The molecule has 1 aromatic heterocycles. The number of benzene rings is 2. The minimum Gasteiger partial charge on any atom is -0.466 e. The maximum absolute atomic E-state index is 12.0. The molecule has 0 saturated carbocycles. The van der Waals surface area contributed by atoms with Crippen LogP contribution in [-0.4, -0.2) is 33.3 Å². The molecule has 0 spiro atoms. The number of methoxy groups -OCH3 is 1. The molecule has 0 fully saturated rings. The van der Waals surface area contributed by atoms with Crippen molar-refractivity contribution in [1.29, 1.82) is 0 Å². The topological polar surface area (TPSA) is 69.9 Å². The van der Waals surface area contributed by atoms with Crippen molar-refractivity contribution >= 4 is 21.9 Å². The van der Waals surface area contributed by atoms with Gasteiger partial charge in [0.15, 0.2) is 0 Å². The predicted molar refractivity (Wildman–Crippen MR) is 101 cm³/mol. The molecule has 3 rings (SSSR count). The van der Waals surface area contributed by atoms with Crippen molar-refractivity contribution in [3.8, 4) is 11.4 Å². The molecule has 0 aliphatic heterocycles. The van der Waals surface area contributed by atoms with Crippen LogP contribution in [-0.2, 0) is 16.1 Å². The van der Waals surface area contributed by atoms with Gasteiger partial charge in [0.05, 0.1) is 13.7 Å². The highest BCUT2D eigenvalue weighted by molar-refractivity contribution is 9.10. The van der Waals surface area contributed by atoms with Crippen LogP contribution in [0.4, 0.5) is 0 Å². The van der Waals surface area contributed by atoms with E-state index in [2.05, 4.69) is 37.9 Å². The minimum absolute atomic E-state index is 0.315. The lowest BCUT2D eigenvalue weighted by Crippen LogP contribution is -2.19. The summed E-state index contributed by atoms with van der Waals surface area (Å²) in [5.41, 5.74) is 2.13. The number of esters is 1. The molecule has 0 aliphatic rings. The highest BCUT2D eigenvalue weighted by Crippen LogP contribution is 2.27. The second-order valence-electron chi connectivity index (χ2n) is 5.63. The fraction of sp³-hybridized carbons (Fsp3) is 0.158. The van der Waals surface area contributed by atoms with Gasteiger partial charge >= 0.3 is 5.97 Å². The van der Waals surface area contributed by atoms with Crippen LogP contribution in [0.15, 0.2) is 71.2 Å². The van der Waals surface area contributed by atoms with Crippen molar-refractivity contribution in [2.24, 2.45) is 0 Å². The highest BCUT2D eigenvalue weighted by atomic mass is 79.9. The van der Waals surface area contributed by atoms with Crippen molar-refractivity contribution < 1.29 is 9.53 Å². The molecule has 0 N–H and O–H groups in total. The molecule has 1 atom stereocenters. The van der Waals surface area contributed by atoms with Crippen molar-refractivity contribution in [1.82, 2.24) is 20.2 Å². The van der Waals surface area contributed by atoms with Crippen molar-refractivity contribution in [2.45, 2.75) is 12.5 Å². The first-order chi connectivity index (χ1) is 12.6. The number of rotatable bonds is 6. The van der Waals surface area contributed by atoms with Crippen LogP contribution in [0.1, 0.15) is 11.5 Å². The third kappa shape index (κ3) is 3.88. The first-order valence-corrected chi connectivity index (χ1v) is 8.74. The van der Waals surface area contributed by atoms with Gasteiger partial charge in [-0.3, -0.25) is 0 Å². The third-order valence-electron chi connectivity index (χ3n) is 3.98. The Morgan fingerprint density at radius 3 is 2.58 bits per heavy atom. The van der Waals surface area contributed by atoms with Gasteiger partial charge in [-0.05, 0) is 22.9 Å². The van der Waals surface area contributed by atoms with E-state index in [0.717, 1.165) is 15.6 Å². The van der Waals surface area contributed by atoms with Gasteiger partial charge in [-0.15, -0.1) is 10.2 Å². The van der Waals surface area contributed by atoms with Crippen LogP contribution in [0.25, 0.3) is 11.4 Å². The summed E-state index contributed by atoms with van der Waals surface area (Å²) in [6.45, 7) is 4.23. The van der Waals surface area contributed by atoms with Gasteiger partial charge in [0.2, 0.25) is 5.82 Å². The summed E-state index contributed by atoms with van der Waals surface area (Å²) in [7, 11) is 1.34. The molecule has 7 heteroatoms. The number of carbonyl (C=O) groups excluding carboxylic acids is 1. The van der Waals surface area contributed by atoms with Gasteiger partial charge in [0.25, 0.3) is 0 Å². The Kier molecular flexibility index (Phi) is 5.58. The molecule has 0 unspecified atom stereocenters. The third-order valence-corrected chi connectivity index (χ3v) is 4.68. The average molecular weight is 413 g/mol. The number of carbonyl (C=O) groups is 1. The second-order valence-corrected chi connectivity index (χ2v) is 6.48. The summed E-state index contributed by atoms with van der Waals surface area (Å²) in [5, 5.41) is 12.7. The van der Waals surface area contributed by atoms with Gasteiger partial charge < -0.3 is 4.74 Å². The number of hydrogen-bond acceptors (Lipinski definition) is 5. The summed E-state index contributed by atoms with van der Waals surface area (Å²) in [6.07, 6.45) is 0. The molecule has 3 aromatic rings. The fourth-order valence-corrected chi connectivity index (χ4v) is 3.07. The van der Waals surface area contributed by atoms with Crippen LogP contribution in [0, 0.1) is 0 Å². The SMILES string of the molecule is C=C(C(=O)OC)[C@@H](Cn1nnc(-c2ccccc2Br)n1)c1ccccc1. The molecular weight excluding hydrogens is 396 g/mol. The van der Waals surface area contributed by atoms with E-state index in [0.29, 0.717) is 17.9 Å². The Bertz CT molecular complexity index is 924. The zero-order valence-corrected chi connectivity index (χ0v) is 15.8. The minimum atomic E-state index is -0.454. The van der Waals surface area contributed by atoms with Crippen molar-refractivity contribution in [2.75, 3.05) is 7.11 Å². The van der Waals surface area contributed by atoms with E-state index in [1.54, 1.807) is 0 Å². The Morgan fingerprint density at radius 2 is 1.88 bits per heavy atom. The standard InChI is InChI=1S/C19H17BrN4O2/c1-13(19(25)26-2)16(14-8-4-3-5-9-14)12-24-22-18(21-23-24)15-10-6-7-11-17(15)20/h3-11,16H,1,12H2,2H3/t16-/m1/s1. The predicted octanol–water partition coefficient (Wildman–Crippen LogP) is 3.62. The zero-order valence-electron chi connectivity index (χ0n) is 14.2. The van der Waals surface area contributed by atoms with Crippen LogP contribution in [0.2, 0.25) is 0 Å². The number of hydrogen-bond donors (Lipinski definition) is 0. The number of tetrazole rings is 1. The van der Waals surface area contributed by atoms with E-state index in [1.165, 1.54) is 11.9 Å². The number of halogens is 1. The first-order valence-electron chi connectivity index (χ1n) is 7.95. The first kappa shape index (κ1) is 18.0. The quantitative estimate of drug-likeness (QED) is 0.456. The van der Waals surface area contributed by atoms with Gasteiger partial charge in [-0.25, -0.2) is 4.79 Å². The zero-order chi connectivity index (χ0) is 18.5. The lowest BCUT2D eigenvalue weighted by atomic mass is 9.92. The van der Waals surface area contributed by atoms with Gasteiger partial charge in [-0.2, -0.15) is 4.80 Å². The highest BCUT2D eigenvalue weighted by Gasteiger charge is 2.23. The maximum Gasteiger partial charge on any atom is 0.333 e. The molecule has 0 bridgehead atoms. The molecule has 132 valence electrons. The number of aromatic nitrogens is 4. The maximum atomic E-state index is 12.0. The molecule has 0 saturated heterocycles. The van der Waals surface area contributed by atoms with E-state index >= 15 is 0 Å². The van der Waals surface area contributed by atoms with E-state index in [4.69, 9.17) is 4.74 Å². The molecule has 1 heterocycles. The monoisotopic (exact) mass is 412 g/mol. The van der Waals surface area contributed by atoms with Crippen LogP contribution >= 0.6 is 15.9 Å². The van der Waals surface area contributed by atoms with E-state index in [-0.39, 0.29) is 5.92 Å². The molecule has 26 heavy (non-hydrogen) atoms. The largest absolute Gasteiger partial charge is 0.466 e. The lowest BCUT2D eigenvalue weighted by molar-refractivity contribution is -0.136. The molecule has 2 aromatic carbocycles. The van der Waals surface area contributed by atoms with E-state index in [1.807, 2.05) is 54.6 Å². The molecule has 0 aliphatic carbocycles. The van der Waals surface area contributed by atoms with Gasteiger partial charge in [0, 0.05) is 21.5 Å². The van der Waals surface area contributed by atoms with Crippen LogP contribution in [0.5, 0.6) is 0 Å². The van der Waals surface area contributed by atoms with Crippen LogP contribution < -0.4 is 0 Å². The van der Waals surface area contributed by atoms with Gasteiger partial charge in [-0.1, -0.05) is 65.0 Å². The average Bonchev–Trinajstić information content (AvgIpc) is 3.14. The number of nitrogens with zero attached hydrogens (tertiary/aromatic N) is 4. The molecule has 0 amide bonds. The summed E-state index contributed by atoms with van der Waals surface area (Å²) >= 11 is 3.49. The van der Waals surface area contributed by atoms with E-state index in [9.17, 15) is 4.79 Å². The fourth-order valence-electron chi connectivity index (χ4n) is 2.61. The smallest absolute Gasteiger partial charge is 0.333 e. The van der Waals surface area contributed by atoms with Crippen molar-refractivity contribution in [3.05, 3.63) is 76.8 Å². The summed E-state index contributed by atoms with van der Waals surface area (Å²) in [6, 6.07) is 17.3. The lowest BCUT2D eigenvalue weighted by Gasteiger charge is -2.17. The molecule has 0 radical (unpaired) electrons.